The van der Waals surface area contributed by atoms with Gasteiger partial charge in [0.05, 0.1) is 11.6 Å². The van der Waals surface area contributed by atoms with E-state index in [1.807, 2.05) is 18.2 Å². The molecule has 4 nitrogen and oxygen atoms in total. The summed E-state index contributed by atoms with van der Waals surface area (Å²) in [5.41, 5.74) is 0.873. The fraction of sp³-hybridized carbons (Fsp3) is 0.300. The molecule has 1 aliphatic heterocycles. The summed E-state index contributed by atoms with van der Waals surface area (Å²) in [7, 11) is 1.61. The highest BCUT2D eigenvalue weighted by Crippen LogP contribution is 2.29. The highest BCUT2D eigenvalue weighted by Gasteiger charge is 2.21. The van der Waals surface area contributed by atoms with Crippen LogP contribution in [-0.4, -0.2) is 26.2 Å². The number of amides is 2. The summed E-state index contributed by atoms with van der Waals surface area (Å²) in [5.74, 6) is 0.762. The first-order chi connectivity index (χ1) is 7.22. The number of ether oxygens (including phenoxy) is 1. The molecule has 1 saturated heterocycles. The van der Waals surface area contributed by atoms with Crippen LogP contribution in [0.2, 0.25) is 0 Å². The molecule has 1 N–H and O–H groups in total. The Balaban J connectivity index is 2.29. The molecule has 0 bridgehead atoms. The molecule has 1 aromatic rings. The molecule has 1 heterocycles. The van der Waals surface area contributed by atoms with Gasteiger partial charge in [-0.2, -0.15) is 0 Å². The number of urea groups is 1. The van der Waals surface area contributed by atoms with Crippen LogP contribution < -0.4 is 15.0 Å². The van der Waals surface area contributed by atoms with Crippen molar-refractivity contribution < 1.29 is 9.53 Å². The van der Waals surface area contributed by atoms with E-state index in [-0.39, 0.29) is 6.03 Å². The number of nitrogens with one attached hydrogen (secondary N) is 1. The lowest BCUT2D eigenvalue weighted by Crippen LogP contribution is -2.27. The predicted octanol–water partition coefficient (Wildman–Crippen LogP) is 1.99. The molecular weight excluding hydrogens is 260 g/mol. The average Bonchev–Trinajstić information content (AvgIpc) is 2.64. The summed E-state index contributed by atoms with van der Waals surface area (Å²) in [6.45, 7) is 1.40. The van der Waals surface area contributed by atoms with Crippen molar-refractivity contribution in [1.82, 2.24) is 5.32 Å². The van der Waals surface area contributed by atoms with E-state index < -0.39 is 0 Å². The van der Waals surface area contributed by atoms with Crippen LogP contribution in [-0.2, 0) is 0 Å². The van der Waals surface area contributed by atoms with E-state index in [1.165, 1.54) is 0 Å². The highest BCUT2D eigenvalue weighted by atomic mass is 79.9. The number of hydrogen-bond acceptors (Lipinski definition) is 2. The number of carbonyl (C=O) groups is 1. The van der Waals surface area contributed by atoms with Gasteiger partial charge in [0.15, 0.2) is 0 Å². The Morgan fingerprint density at radius 2 is 2.33 bits per heavy atom. The second-order valence-electron chi connectivity index (χ2n) is 3.20. The Morgan fingerprint density at radius 1 is 1.53 bits per heavy atom. The van der Waals surface area contributed by atoms with Crippen molar-refractivity contribution in [2.24, 2.45) is 0 Å². The first kappa shape index (κ1) is 10.3. The van der Waals surface area contributed by atoms with E-state index in [0.29, 0.717) is 13.1 Å². The number of methoxy groups -OCH3 is 1. The summed E-state index contributed by atoms with van der Waals surface area (Å²) in [4.78, 5) is 13.1. The Bertz CT molecular complexity index is 395. The van der Waals surface area contributed by atoms with Gasteiger partial charge < -0.3 is 10.1 Å². The molecule has 0 atom stereocenters. The van der Waals surface area contributed by atoms with Crippen LogP contribution in [0.15, 0.2) is 22.7 Å². The Hall–Kier alpha value is -1.23. The molecule has 2 amide bonds. The van der Waals surface area contributed by atoms with Crippen LogP contribution in [0.4, 0.5) is 10.5 Å². The zero-order chi connectivity index (χ0) is 10.8. The lowest BCUT2D eigenvalue weighted by atomic mass is 10.3. The smallest absolute Gasteiger partial charge is 0.321 e. The van der Waals surface area contributed by atoms with Crippen molar-refractivity contribution in [3.63, 3.8) is 0 Å². The zero-order valence-corrected chi connectivity index (χ0v) is 9.87. The van der Waals surface area contributed by atoms with Crippen molar-refractivity contribution in [3.05, 3.63) is 22.7 Å². The van der Waals surface area contributed by atoms with E-state index in [4.69, 9.17) is 4.74 Å². The fourth-order valence-corrected chi connectivity index (χ4v) is 2.07. The topological polar surface area (TPSA) is 41.6 Å². The number of hydrogen-bond donors (Lipinski definition) is 1. The lowest BCUT2D eigenvalue weighted by Gasteiger charge is -2.15. The largest absolute Gasteiger partial charge is 0.496 e. The van der Waals surface area contributed by atoms with Gasteiger partial charge >= 0.3 is 6.03 Å². The van der Waals surface area contributed by atoms with E-state index >= 15 is 0 Å². The van der Waals surface area contributed by atoms with Gasteiger partial charge in [0.2, 0.25) is 0 Å². The van der Waals surface area contributed by atoms with Gasteiger partial charge in [0.25, 0.3) is 0 Å². The molecule has 1 fully saturated rings. The zero-order valence-electron chi connectivity index (χ0n) is 8.29. The maximum absolute atomic E-state index is 11.4. The third-order valence-electron chi connectivity index (χ3n) is 2.30. The number of anilines is 1. The van der Waals surface area contributed by atoms with Crippen molar-refractivity contribution in [2.45, 2.75) is 0 Å². The average molecular weight is 271 g/mol. The van der Waals surface area contributed by atoms with Gasteiger partial charge in [0, 0.05) is 18.8 Å². The molecule has 15 heavy (non-hydrogen) atoms. The molecule has 1 aliphatic rings. The second-order valence-corrected chi connectivity index (χ2v) is 4.06. The van der Waals surface area contributed by atoms with Crippen molar-refractivity contribution >= 4 is 27.6 Å². The Labute approximate surface area is 96.3 Å². The summed E-state index contributed by atoms with van der Waals surface area (Å²) in [5, 5.41) is 2.76. The van der Waals surface area contributed by atoms with Gasteiger partial charge in [-0.1, -0.05) is 0 Å². The Morgan fingerprint density at radius 3 is 2.87 bits per heavy atom. The predicted molar refractivity (Wildman–Crippen MR) is 61.4 cm³/mol. The molecule has 5 heteroatoms. The van der Waals surface area contributed by atoms with E-state index in [0.717, 1.165) is 15.9 Å². The van der Waals surface area contributed by atoms with E-state index in [1.54, 1.807) is 12.0 Å². The maximum atomic E-state index is 11.4. The van der Waals surface area contributed by atoms with Crippen molar-refractivity contribution in [3.8, 4) is 5.75 Å². The van der Waals surface area contributed by atoms with Crippen LogP contribution >= 0.6 is 15.9 Å². The molecule has 0 saturated carbocycles. The summed E-state index contributed by atoms with van der Waals surface area (Å²) < 4.78 is 5.97. The van der Waals surface area contributed by atoms with Gasteiger partial charge in [-0.15, -0.1) is 0 Å². The Kier molecular flexibility index (Phi) is 2.81. The SMILES string of the molecule is COc1ccc(N2CCNC2=O)cc1Br. The quantitative estimate of drug-likeness (QED) is 0.893. The van der Waals surface area contributed by atoms with Crippen molar-refractivity contribution in [2.75, 3.05) is 25.1 Å². The summed E-state index contributed by atoms with van der Waals surface area (Å²) in [6.07, 6.45) is 0. The monoisotopic (exact) mass is 270 g/mol. The minimum absolute atomic E-state index is 0.0490. The lowest BCUT2D eigenvalue weighted by molar-refractivity contribution is 0.252. The van der Waals surface area contributed by atoms with Crippen LogP contribution in [0, 0.1) is 0 Å². The first-order valence-corrected chi connectivity index (χ1v) is 5.40. The molecule has 0 radical (unpaired) electrons. The molecular formula is C10H11BrN2O2. The van der Waals surface area contributed by atoms with Gasteiger partial charge in [-0.3, -0.25) is 4.90 Å². The number of benzene rings is 1. The summed E-state index contributed by atoms with van der Waals surface area (Å²) in [6, 6.07) is 5.54. The first-order valence-electron chi connectivity index (χ1n) is 4.61. The molecule has 0 spiro atoms. The number of halogens is 1. The molecule has 80 valence electrons. The fourth-order valence-electron chi connectivity index (χ4n) is 1.54. The van der Waals surface area contributed by atoms with Crippen LogP contribution in [0.5, 0.6) is 5.75 Å². The normalized spacial score (nSPS) is 15.3. The highest BCUT2D eigenvalue weighted by molar-refractivity contribution is 9.10. The third kappa shape index (κ3) is 1.92. The maximum Gasteiger partial charge on any atom is 0.321 e. The molecule has 0 aliphatic carbocycles. The minimum Gasteiger partial charge on any atom is -0.496 e. The standard InChI is InChI=1S/C10H11BrN2O2/c1-15-9-3-2-7(6-8(9)11)13-5-4-12-10(13)14/h2-3,6H,4-5H2,1H3,(H,12,14). The molecule has 0 unspecified atom stereocenters. The molecule has 2 rings (SSSR count). The summed E-state index contributed by atoms with van der Waals surface area (Å²) >= 11 is 3.39. The van der Waals surface area contributed by atoms with Gasteiger partial charge in [-0.25, -0.2) is 4.79 Å². The van der Waals surface area contributed by atoms with E-state index in [2.05, 4.69) is 21.2 Å². The van der Waals surface area contributed by atoms with Crippen molar-refractivity contribution in [1.29, 1.82) is 0 Å². The van der Waals surface area contributed by atoms with Gasteiger partial charge in [-0.05, 0) is 34.1 Å². The number of rotatable bonds is 2. The minimum atomic E-state index is -0.0490. The molecule has 1 aromatic carbocycles. The third-order valence-corrected chi connectivity index (χ3v) is 2.92. The number of nitrogens with zero attached hydrogens (tertiary/aromatic N) is 1. The molecule has 0 aromatic heterocycles. The second kappa shape index (κ2) is 4.10. The van der Waals surface area contributed by atoms with Gasteiger partial charge in [0.1, 0.15) is 5.75 Å². The van der Waals surface area contributed by atoms with Crippen LogP contribution in [0.25, 0.3) is 0 Å². The number of carbonyl (C=O) groups excluding carboxylic acids is 1. The van der Waals surface area contributed by atoms with Crippen LogP contribution in [0.3, 0.4) is 0 Å². The van der Waals surface area contributed by atoms with Crippen LogP contribution in [0.1, 0.15) is 0 Å². The van der Waals surface area contributed by atoms with E-state index in [9.17, 15) is 4.79 Å².